The lowest BCUT2D eigenvalue weighted by Crippen LogP contribution is -2.12. The molecule has 0 aliphatic carbocycles. The van der Waals surface area contributed by atoms with Gasteiger partial charge in [-0.2, -0.15) is 0 Å². The number of aliphatic hydroxyl groups excluding tert-OH is 1. The molecule has 0 aromatic heterocycles. The van der Waals surface area contributed by atoms with Gasteiger partial charge < -0.3 is 9.84 Å². The highest BCUT2D eigenvalue weighted by Gasteiger charge is 2.18. The maximum absolute atomic E-state index is 12.8. The number of aliphatic hydroxyl groups is 1. The Labute approximate surface area is 166 Å². The van der Waals surface area contributed by atoms with Crippen molar-refractivity contribution in [2.75, 3.05) is 13.7 Å². The van der Waals surface area contributed by atoms with Crippen molar-refractivity contribution in [3.05, 3.63) is 62.6 Å². The number of carbonyl (C=O) groups excluding carboxylic acids is 2. The second-order valence-corrected chi connectivity index (χ2v) is 7.49. The molecule has 0 saturated heterocycles. The van der Waals surface area contributed by atoms with E-state index in [4.69, 9.17) is 21.4 Å². The average molecular weight is 440 g/mol. The molecule has 0 heterocycles. The largest absolute Gasteiger partial charge is 0.496 e. The normalized spacial score (nSPS) is 11.9. The lowest BCUT2D eigenvalue weighted by atomic mass is 9.96. The first kappa shape index (κ1) is 20.6. The van der Waals surface area contributed by atoms with Crippen LogP contribution in [0.5, 0.6) is 5.75 Å². The van der Waals surface area contributed by atoms with Crippen molar-refractivity contribution in [2.24, 2.45) is 5.92 Å². The Morgan fingerprint density at radius 2 is 1.92 bits per heavy atom. The predicted octanol–water partition coefficient (Wildman–Crippen LogP) is 4.74. The van der Waals surface area contributed by atoms with Gasteiger partial charge in [0.2, 0.25) is 0 Å². The molecule has 4 nitrogen and oxygen atoms in total. The molecule has 1 atom stereocenters. The van der Waals surface area contributed by atoms with Crippen molar-refractivity contribution in [1.29, 1.82) is 0 Å². The van der Waals surface area contributed by atoms with Gasteiger partial charge in [-0.15, -0.1) is 0 Å². The minimum atomic E-state index is -0.184. The molecule has 2 aromatic rings. The Balaban J connectivity index is 2.29. The second kappa shape index (κ2) is 9.31. The molecule has 0 saturated carbocycles. The van der Waals surface area contributed by atoms with Crippen LogP contribution in [0.25, 0.3) is 0 Å². The molecule has 0 radical (unpaired) electrons. The number of rotatable bonds is 8. The molecule has 0 amide bonds. The number of methoxy groups -OCH3 is 1. The first-order chi connectivity index (χ1) is 12.3. The Morgan fingerprint density at radius 1 is 1.19 bits per heavy atom. The quantitative estimate of drug-likeness (QED) is 0.604. The molecule has 2 rings (SSSR count). The zero-order chi connectivity index (χ0) is 19.3. The molecule has 0 spiro atoms. The summed E-state index contributed by atoms with van der Waals surface area (Å²) in [5.41, 5.74) is 1.47. The van der Waals surface area contributed by atoms with Crippen LogP contribution in [0.2, 0.25) is 5.02 Å². The van der Waals surface area contributed by atoms with E-state index < -0.39 is 0 Å². The van der Waals surface area contributed by atoms with Crippen molar-refractivity contribution in [2.45, 2.75) is 19.8 Å². The molecular weight excluding hydrogens is 420 g/mol. The number of hydrogen-bond donors (Lipinski definition) is 1. The molecule has 0 fully saturated rings. The Bertz CT molecular complexity index is 819. The van der Waals surface area contributed by atoms with Gasteiger partial charge in [-0.25, -0.2) is 0 Å². The molecule has 2 aromatic carbocycles. The number of Topliss-reactive ketones (excluding diaryl/α,β-unsaturated/α-hetero) is 2. The van der Waals surface area contributed by atoms with Crippen molar-refractivity contribution in [3.63, 3.8) is 0 Å². The van der Waals surface area contributed by atoms with E-state index in [1.54, 1.807) is 37.3 Å². The van der Waals surface area contributed by atoms with E-state index in [1.807, 2.05) is 6.07 Å². The fourth-order valence-corrected chi connectivity index (χ4v) is 3.27. The third-order valence-corrected chi connectivity index (χ3v) is 4.88. The Kier molecular flexibility index (Phi) is 7.38. The van der Waals surface area contributed by atoms with E-state index in [0.717, 1.165) is 4.47 Å². The molecule has 6 heteroatoms. The van der Waals surface area contributed by atoms with Crippen LogP contribution in [0.3, 0.4) is 0 Å². The van der Waals surface area contributed by atoms with E-state index in [0.29, 0.717) is 27.5 Å². The number of hydrogen-bond acceptors (Lipinski definition) is 4. The van der Waals surface area contributed by atoms with Crippen molar-refractivity contribution in [3.8, 4) is 5.75 Å². The maximum Gasteiger partial charge on any atom is 0.171 e. The van der Waals surface area contributed by atoms with Gasteiger partial charge in [0.15, 0.2) is 11.6 Å². The Hall–Kier alpha value is -1.69. The van der Waals surface area contributed by atoms with Crippen LogP contribution in [0.15, 0.2) is 40.9 Å². The zero-order valence-corrected chi connectivity index (χ0v) is 16.9. The van der Waals surface area contributed by atoms with E-state index in [-0.39, 0.29) is 36.9 Å². The summed E-state index contributed by atoms with van der Waals surface area (Å²) in [6.07, 6.45) is 0.322. The minimum absolute atomic E-state index is 0.0598. The minimum Gasteiger partial charge on any atom is -0.496 e. The van der Waals surface area contributed by atoms with Gasteiger partial charge in [0.1, 0.15) is 5.75 Å². The summed E-state index contributed by atoms with van der Waals surface area (Å²) >= 11 is 9.53. The third-order valence-electron chi connectivity index (χ3n) is 4.03. The van der Waals surface area contributed by atoms with Crippen LogP contribution in [-0.2, 0) is 6.42 Å². The smallest absolute Gasteiger partial charge is 0.171 e. The molecule has 138 valence electrons. The standard InChI is InChI=1S/C20H20BrClO4/c1-12(11-23)7-18(24)14-4-6-20(26-2)16(8-14)19(25)9-13-3-5-15(21)10-17(13)22/h3-6,8,10,12,23H,7,9,11H2,1-2H3. The summed E-state index contributed by atoms with van der Waals surface area (Å²) in [5.74, 6) is -0.0267. The highest BCUT2D eigenvalue weighted by molar-refractivity contribution is 9.10. The van der Waals surface area contributed by atoms with Gasteiger partial charge in [-0.3, -0.25) is 9.59 Å². The van der Waals surface area contributed by atoms with E-state index >= 15 is 0 Å². The van der Waals surface area contributed by atoms with Gasteiger partial charge in [-0.1, -0.05) is 40.5 Å². The van der Waals surface area contributed by atoms with E-state index in [9.17, 15) is 9.59 Å². The van der Waals surface area contributed by atoms with Crippen LogP contribution in [0.4, 0.5) is 0 Å². The van der Waals surface area contributed by atoms with Crippen LogP contribution < -0.4 is 4.74 Å². The number of ketones is 2. The number of ether oxygens (including phenoxy) is 1. The summed E-state index contributed by atoms with van der Waals surface area (Å²) in [5, 5.41) is 9.62. The number of benzene rings is 2. The zero-order valence-electron chi connectivity index (χ0n) is 14.6. The van der Waals surface area contributed by atoms with Crippen molar-refractivity contribution in [1.82, 2.24) is 0 Å². The topological polar surface area (TPSA) is 63.6 Å². The summed E-state index contributed by atoms with van der Waals surface area (Å²) in [7, 11) is 1.48. The molecule has 0 bridgehead atoms. The highest BCUT2D eigenvalue weighted by Crippen LogP contribution is 2.26. The second-order valence-electron chi connectivity index (χ2n) is 6.17. The third kappa shape index (κ3) is 5.16. The van der Waals surface area contributed by atoms with Crippen LogP contribution in [0, 0.1) is 5.92 Å². The van der Waals surface area contributed by atoms with Crippen LogP contribution in [0.1, 0.15) is 39.6 Å². The van der Waals surface area contributed by atoms with Gasteiger partial charge >= 0.3 is 0 Å². The van der Waals surface area contributed by atoms with E-state index in [1.165, 1.54) is 7.11 Å². The van der Waals surface area contributed by atoms with Crippen LogP contribution >= 0.6 is 27.5 Å². The Morgan fingerprint density at radius 3 is 2.54 bits per heavy atom. The molecule has 0 aliphatic heterocycles. The maximum atomic E-state index is 12.8. The molecule has 0 aliphatic rings. The highest BCUT2D eigenvalue weighted by atomic mass is 79.9. The van der Waals surface area contributed by atoms with Crippen LogP contribution in [-0.4, -0.2) is 30.4 Å². The molecule has 1 unspecified atom stereocenters. The fraction of sp³-hybridized carbons (Fsp3) is 0.300. The number of halogens is 2. The first-order valence-corrected chi connectivity index (χ1v) is 9.32. The van der Waals surface area contributed by atoms with E-state index in [2.05, 4.69) is 15.9 Å². The van der Waals surface area contributed by atoms with Crippen molar-refractivity contribution < 1.29 is 19.4 Å². The lowest BCUT2D eigenvalue weighted by molar-refractivity contribution is 0.0943. The molecule has 26 heavy (non-hydrogen) atoms. The predicted molar refractivity (Wildman–Crippen MR) is 105 cm³/mol. The number of carbonyl (C=O) groups is 2. The van der Waals surface area contributed by atoms with Gasteiger partial charge in [0, 0.05) is 34.5 Å². The van der Waals surface area contributed by atoms with Gasteiger partial charge in [0.25, 0.3) is 0 Å². The molecule has 1 N–H and O–H groups in total. The fourth-order valence-electron chi connectivity index (χ4n) is 2.53. The summed E-state index contributed by atoms with van der Waals surface area (Å²) in [6, 6.07) is 10.1. The lowest BCUT2D eigenvalue weighted by Gasteiger charge is -2.12. The van der Waals surface area contributed by atoms with Gasteiger partial charge in [-0.05, 0) is 41.8 Å². The molecular formula is C20H20BrClO4. The SMILES string of the molecule is COc1ccc(C(=O)CC(C)CO)cc1C(=O)Cc1ccc(Br)cc1Cl. The average Bonchev–Trinajstić information content (AvgIpc) is 2.63. The summed E-state index contributed by atoms with van der Waals surface area (Å²) in [6.45, 7) is 1.73. The first-order valence-electron chi connectivity index (χ1n) is 8.15. The van der Waals surface area contributed by atoms with Crippen molar-refractivity contribution >= 4 is 39.1 Å². The monoisotopic (exact) mass is 438 g/mol. The van der Waals surface area contributed by atoms with Gasteiger partial charge in [0.05, 0.1) is 12.7 Å². The summed E-state index contributed by atoms with van der Waals surface area (Å²) < 4.78 is 6.11. The summed E-state index contributed by atoms with van der Waals surface area (Å²) in [4.78, 5) is 25.1.